The van der Waals surface area contributed by atoms with E-state index in [9.17, 15) is 4.79 Å². The lowest BCUT2D eigenvalue weighted by atomic mass is 9.97. The third-order valence-corrected chi connectivity index (χ3v) is 4.52. The molecular formula is C23H24O3. The first-order valence-electron chi connectivity index (χ1n) is 8.83. The summed E-state index contributed by atoms with van der Waals surface area (Å²) in [4.78, 5) is 11.4. The topological polar surface area (TPSA) is 35.5 Å². The van der Waals surface area contributed by atoms with Gasteiger partial charge < -0.3 is 9.47 Å². The first-order valence-corrected chi connectivity index (χ1v) is 8.83. The van der Waals surface area contributed by atoms with E-state index in [1.165, 1.54) is 33.2 Å². The highest BCUT2D eigenvalue weighted by Crippen LogP contribution is 2.29. The number of carbonyl (C=O) groups is 1. The predicted molar refractivity (Wildman–Crippen MR) is 106 cm³/mol. The smallest absolute Gasteiger partial charge is 0.330 e. The molecule has 0 fully saturated rings. The number of esters is 1. The zero-order chi connectivity index (χ0) is 18.6. The third-order valence-electron chi connectivity index (χ3n) is 4.52. The van der Waals surface area contributed by atoms with Gasteiger partial charge in [0, 0.05) is 12.5 Å². The van der Waals surface area contributed by atoms with Crippen molar-refractivity contribution in [3.8, 4) is 0 Å². The largest absolute Gasteiger partial charge is 0.456 e. The molecule has 0 aliphatic rings. The van der Waals surface area contributed by atoms with Crippen LogP contribution in [-0.4, -0.2) is 18.2 Å². The third kappa shape index (κ3) is 4.12. The second-order valence-corrected chi connectivity index (χ2v) is 6.98. The van der Waals surface area contributed by atoms with Crippen LogP contribution in [0.3, 0.4) is 0 Å². The summed E-state index contributed by atoms with van der Waals surface area (Å²) in [5.41, 5.74) is 0.617. The molecule has 0 aliphatic heterocycles. The molecule has 0 heterocycles. The fourth-order valence-electron chi connectivity index (χ4n) is 3.12. The van der Waals surface area contributed by atoms with Crippen LogP contribution in [0, 0.1) is 0 Å². The number of hydrogen-bond donors (Lipinski definition) is 0. The van der Waals surface area contributed by atoms with E-state index in [2.05, 4.69) is 61.2 Å². The van der Waals surface area contributed by atoms with Gasteiger partial charge in [-0.05, 0) is 47.0 Å². The Kier molecular flexibility index (Phi) is 5.38. The van der Waals surface area contributed by atoms with Gasteiger partial charge in [0.05, 0.1) is 13.2 Å². The molecule has 0 aromatic heterocycles. The normalized spacial score (nSPS) is 11.6. The lowest BCUT2D eigenvalue weighted by Gasteiger charge is -2.24. The molecule has 3 heteroatoms. The van der Waals surface area contributed by atoms with E-state index >= 15 is 0 Å². The zero-order valence-corrected chi connectivity index (χ0v) is 15.3. The van der Waals surface area contributed by atoms with Crippen molar-refractivity contribution in [2.24, 2.45) is 0 Å². The molecular weight excluding hydrogens is 324 g/mol. The molecule has 0 radical (unpaired) electrons. The van der Waals surface area contributed by atoms with E-state index in [1.54, 1.807) is 0 Å². The van der Waals surface area contributed by atoms with Gasteiger partial charge in [-0.25, -0.2) is 4.79 Å². The second-order valence-electron chi connectivity index (χ2n) is 6.98. The van der Waals surface area contributed by atoms with Gasteiger partial charge in [-0.2, -0.15) is 0 Å². The minimum atomic E-state index is -0.577. The summed E-state index contributed by atoms with van der Waals surface area (Å²) in [5.74, 6) is -0.407. The SMILES string of the molecule is C=CC(=O)OC(C)(C)CCOCc1c2ccccc2cc2ccccc12. The Morgan fingerprint density at radius 2 is 1.62 bits per heavy atom. The van der Waals surface area contributed by atoms with E-state index < -0.39 is 11.6 Å². The minimum absolute atomic E-state index is 0.407. The molecule has 0 spiro atoms. The maximum Gasteiger partial charge on any atom is 0.330 e. The highest BCUT2D eigenvalue weighted by atomic mass is 16.6. The lowest BCUT2D eigenvalue weighted by molar-refractivity contribution is -0.151. The highest BCUT2D eigenvalue weighted by Gasteiger charge is 2.21. The van der Waals surface area contributed by atoms with Crippen molar-refractivity contribution >= 4 is 27.5 Å². The van der Waals surface area contributed by atoms with Crippen LogP contribution >= 0.6 is 0 Å². The Morgan fingerprint density at radius 1 is 1.04 bits per heavy atom. The van der Waals surface area contributed by atoms with Crippen molar-refractivity contribution in [3.05, 3.63) is 72.8 Å². The van der Waals surface area contributed by atoms with Crippen LogP contribution in [0.5, 0.6) is 0 Å². The molecule has 3 aromatic rings. The van der Waals surface area contributed by atoms with Crippen molar-refractivity contribution in [1.29, 1.82) is 0 Å². The minimum Gasteiger partial charge on any atom is -0.456 e. The Hall–Kier alpha value is -2.65. The molecule has 0 bridgehead atoms. The molecule has 3 rings (SSSR count). The molecule has 3 nitrogen and oxygen atoms in total. The molecule has 3 aromatic carbocycles. The number of ether oxygens (including phenoxy) is 2. The first-order chi connectivity index (χ1) is 12.5. The summed E-state index contributed by atoms with van der Waals surface area (Å²) in [6.45, 7) is 8.22. The van der Waals surface area contributed by atoms with E-state index in [-0.39, 0.29) is 0 Å². The summed E-state index contributed by atoms with van der Waals surface area (Å²) in [6.07, 6.45) is 1.81. The van der Waals surface area contributed by atoms with Gasteiger partial charge in [0.15, 0.2) is 0 Å². The molecule has 0 N–H and O–H groups in total. The van der Waals surface area contributed by atoms with Crippen molar-refractivity contribution in [3.63, 3.8) is 0 Å². The molecule has 26 heavy (non-hydrogen) atoms. The number of fused-ring (bicyclic) bond motifs is 2. The summed E-state index contributed by atoms with van der Waals surface area (Å²) < 4.78 is 11.3. The van der Waals surface area contributed by atoms with Gasteiger partial charge in [-0.1, -0.05) is 55.1 Å². The van der Waals surface area contributed by atoms with Crippen molar-refractivity contribution in [2.45, 2.75) is 32.5 Å². The Bertz CT molecular complexity index is 886. The Labute approximate surface area is 154 Å². The number of rotatable bonds is 7. The Morgan fingerprint density at radius 3 is 2.19 bits per heavy atom. The van der Waals surface area contributed by atoms with Crippen LogP contribution in [0.1, 0.15) is 25.8 Å². The highest BCUT2D eigenvalue weighted by molar-refractivity contribution is 6.02. The average Bonchev–Trinajstić information content (AvgIpc) is 2.63. The molecule has 134 valence electrons. The summed E-state index contributed by atoms with van der Waals surface area (Å²) >= 11 is 0. The van der Waals surface area contributed by atoms with Crippen LogP contribution in [0.25, 0.3) is 21.5 Å². The maximum absolute atomic E-state index is 11.4. The van der Waals surface area contributed by atoms with Crippen LogP contribution in [-0.2, 0) is 20.9 Å². The number of hydrogen-bond acceptors (Lipinski definition) is 3. The van der Waals surface area contributed by atoms with Gasteiger partial charge in [0.25, 0.3) is 0 Å². The standard InChI is InChI=1S/C23H24O3/c1-4-22(24)26-23(2,3)13-14-25-16-21-19-11-7-5-9-17(19)15-18-10-6-8-12-20(18)21/h4-12,15H,1,13-14,16H2,2-3H3. The fraction of sp³-hybridized carbons (Fsp3) is 0.261. The number of benzene rings is 3. The first kappa shape index (κ1) is 18.2. The molecule has 0 unspecified atom stereocenters. The van der Waals surface area contributed by atoms with Crippen LogP contribution in [0.15, 0.2) is 67.3 Å². The van der Waals surface area contributed by atoms with Crippen molar-refractivity contribution in [2.75, 3.05) is 6.61 Å². The van der Waals surface area contributed by atoms with Crippen molar-refractivity contribution in [1.82, 2.24) is 0 Å². The second kappa shape index (κ2) is 7.71. The van der Waals surface area contributed by atoms with Crippen molar-refractivity contribution < 1.29 is 14.3 Å². The van der Waals surface area contributed by atoms with Gasteiger partial charge in [0.2, 0.25) is 0 Å². The molecule has 0 amide bonds. The maximum atomic E-state index is 11.4. The van der Waals surface area contributed by atoms with E-state index in [1.807, 2.05) is 13.8 Å². The summed E-state index contributed by atoms with van der Waals surface area (Å²) in [7, 11) is 0. The molecule has 0 saturated carbocycles. The molecule has 0 aliphatic carbocycles. The predicted octanol–water partition coefficient (Wildman–Crippen LogP) is 5.41. The van der Waals surface area contributed by atoms with Gasteiger partial charge >= 0.3 is 5.97 Å². The van der Waals surface area contributed by atoms with E-state index in [4.69, 9.17) is 9.47 Å². The van der Waals surface area contributed by atoms with Crippen LogP contribution < -0.4 is 0 Å². The monoisotopic (exact) mass is 348 g/mol. The average molecular weight is 348 g/mol. The van der Waals surface area contributed by atoms with Gasteiger partial charge in [0.1, 0.15) is 5.60 Å². The van der Waals surface area contributed by atoms with Gasteiger partial charge in [-0.15, -0.1) is 0 Å². The summed E-state index contributed by atoms with van der Waals surface area (Å²) in [6, 6.07) is 19.0. The van der Waals surface area contributed by atoms with Crippen LogP contribution in [0.4, 0.5) is 0 Å². The Balaban J connectivity index is 1.76. The quantitative estimate of drug-likeness (QED) is 0.248. The number of carbonyl (C=O) groups excluding carboxylic acids is 1. The molecule has 0 saturated heterocycles. The fourth-order valence-corrected chi connectivity index (χ4v) is 3.12. The zero-order valence-electron chi connectivity index (χ0n) is 15.3. The van der Waals surface area contributed by atoms with E-state index in [0.717, 1.165) is 0 Å². The summed E-state index contributed by atoms with van der Waals surface area (Å²) in [5, 5.41) is 4.85. The van der Waals surface area contributed by atoms with Gasteiger partial charge in [-0.3, -0.25) is 0 Å². The van der Waals surface area contributed by atoms with E-state index in [0.29, 0.717) is 19.6 Å². The molecule has 0 atom stereocenters. The lowest BCUT2D eigenvalue weighted by Crippen LogP contribution is -2.28. The van der Waals surface area contributed by atoms with Crippen LogP contribution in [0.2, 0.25) is 0 Å².